The topological polar surface area (TPSA) is 65.5 Å². The first-order valence-corrected chi connectivity index (χ1v) is 8.72. The Morgan fingerprint density at radius 2 is 1.92 bits per heavy atom. The van der Waals surface area contributed by atoms with E-state index in [2.05, 4.69) is 49.0 Å². The number of nitrogens with zero attached hydrogens (tertiary/aromatic N) is 1. The number of guanidine groups is 1. The van der Waals surface area contributed by atoms with Crippen molar-refractivity contribution < 1.29 is 4.79 Å². The molecular weight excluding hydrogens is 483 g/mol. The van der Waals surface area contributed by atoms with E-state index >= 15 is 0 Å². The summed E-state index contributed by atoms with van der Waals surface area (Å²) in [5, 5.41) is 9.47. The number of carbonyl (C=O) groups excluding carboxylic acids is 1. The van der Waals surface area contributed by atoms with E-state index in [1.54, 1.807) is 0 Å². The van der Waals surface area contributed by atoms with Gasteiger partial charge >= 0.3 is 0 Å². The minimum Gasteiger partial charge on any atom is -0.357 e. The van der Waals surface area contributed by atoms with Crippen LogP contribution < -0.4 is 16.0 Å². The number of benzene rings is 1. The van der Waals surface area contributed by atoms with Crippen molar-refractivity contribution in [2.75, 3.05) is 18.4 Å². The SMILES string of the molecule is CCNC(=NCCC(=O)Nc1ccc(Br)cc1)NC1CC=CC1.I. The summed E-state index contributed by atoms with van der Waals surface area (Å²) in [7, 11) is 0. The summed E-state index contributed by atoms with van der Waals surface area (Å²) in [6, 6.07) is 7.94. The molecule has 0 unspecified atom stereocenters. The Morgan fingerprint density at radius 3 is 2.54 bits per heavy atom. The molecule has 2 rings (SSSR count). The van der Waals surface area contributed by atoms with Gasteiger partial charge < -0.3 is 16.0 Å². The molecule has 24 heavy (non-hydrogen) atoms. The van der Waals surface area contributed by atoms with Crippen LogP contribution in [0.25, 0.3) is 0 Å². The summed E-state index contributed by atoms with van der Waals surface area (Å²) in [5.41, 5.74) is 0.796. The Labute approximate surface area is 168 Å². The molecule has 0 aliphatic heterocycles. The predicted molar refractivity (Wildman–Crippen MR) is 114 cm³/mol. The number of hydrogen-bond acceptors (Lipinski definition) is 2. The van der Waals surface area contributed by atoms with E-state index in [4.69, 9.17) is 0 Å². The molecule has 7 heteroatoms. The maximum absolute atomic E-state index is 11.9. The molecule has 0 fully saturated rings. The average Bonchev–Trinajstić information content (AvgIpc) is 3.03. The predicted octanol–water partition coefficient (Wildman–Crippen LogP) is 3.67. The van der Waals surface area contributed by atoms with Crippen molar-refractivity contribution in [2.45, 2.75) is 32.2 Å². The molecule has 0 saturated heterocycles. The first kappa shape index (κ1) is 21.0. The normalized spacial score (nSPS) is 14.2. The van der Waals surface area contributed by atoms with E-state index < -0.39 is 0 Å². The minimum absolute atomic E-state index is 0. The Kier molecular flexibility index (Phi) is 10.0. The highest BCUT2D eigenvalue weighted by molar-refractivity contribution is 14.0. The van der Waals surface area contributed by atoms with E-state index in [-0.39, 0.29) is 29.9 Å². The molecule has 132 valence electrons. The number of rotatable bonds is 6. The van der Waals surface area contributed by atoms with Crippen LogP contribution in [0.3, 0.4) is 0 Å². The fourth-order valence-electron chi connectivity index (χ4n) is 2.27. The third-order valence-corrected chi connectivity index (χ3v) is 3.96. The van der Waals surface area contributed by atoms with Gasteiger partial charge in [-0.1, -0.05) is 28.1 Å². The van der Waals surface area contributed by atoms with Gasteiger partial charge in [-0.2, -0.15) is 0 Å². The first-order valence-electron chi connectivity index (χ1n) is 7.92. The molecule has 1 amide bonds. The number of nitrogens with one attached hydrogen (secondary N) is 3. The highest BCUT2D eigenvalue weighted by Crippen LogP contribution is 2.14. The van der Waals surface area contributed by atoms with Crippen molar-refractivity contribution in [3.05, 3.63) is 40.9 Å². The van der Waals surface area contributed by atoms with E-state index in [9.17, 15) is 4.79 Å². The molecule has 0 saturated carbocycles. The molecule has 1 aliphatic carbocycles. The molecule has 0 aromatic heterocycles. The Balaban J connectivity index is 0.00000288. The van der Waals surface area contributed by atoms with Gasteiger partial charge in [-0.25, -0.2) is 0 Å². The number of aliphatic imine (C=N–C) groups is 1. The van der Waals surface area contributed by atoms with Crippen molar-refractivity contribution in [1.29, 1.82) is 0 Å². The van der Waals surface area contributed by atoms with Crippen molar-refractivity contribution >= 4 is 57.5 Å². The molecule has 3 N–H and O–H groups in total. The molecule has 0 atom stereocenters. The van der Waals surface area contributed by atoms with Gasteiger partial charge in [0.15, 0.2) is 5.96 Å². The molecule has 1 aliphatic rings. The standard InChI is InChI=1S/C17H23BrN4O.HI/c1-2-19-17(22-14-5-3-4-6-14)20-12-11-16(23)21-15-9-7-13(18)8-10-15;/h3-4,7-10,14H,2,5-6,11-12H2,1H3,(H,21,23)(H2,19,20,22);1H. The van der Waals surface area contributed by atoms with Crippen LogP contribution in [-0.2, 0) is 4.79 Å². The average molecular weight is 507 g/mol. The van der Waals surface area contributed by atoms with Crippen LogP contribution in [0.1, 0.15) is 26.2 Å². The summed E-state index contributed by atoms with van der Waals surface area (Å²) in [4.78, 5) is 16.4. The molecule has 1 aromatic rings. The first-order chi connectivity index (χ1) is 11.2. The molecule has 5 nitrogen and oxygen atoms in total. The van der Waals surface area contributed by atoms with Gasteiger partial charge in [0.1, 0.15) is 0 Å². The van der Waals surface area contributed by atoms with Gasteiger partial charge in [-0.05, 0) is 44.0 Å². The number of hydrogen-bond donors (Lipinski definition) is 3. The Morgan fingerprint density at radius 1 is 1.25 bits per heavy atom. The lowest BCUT2D eigenvalue weighted by molar-refractivity contribution is -0.116. The lowest BCUT2D eigenvalue weighted by atomic mass is 10.2. The zero-order chi connectivity index (χ0) is 16.5. The lowest BCUT2D eigenvalue weighted by Gasteiger charge is -2.16. The summed E-state index contributed by atoms with van der Waals surface area (Å²) in [6.07, 6.45) is 6.75. The van der Waals surface area contributed by atoms with E-state index in [1.807, 2.05) is 31.2 Å². The molecular formula is C17H24BrIN4O. The maximum atomic E-state index is 11.9. The van der Waals surface area contributed by atoms with Gasteiger partial charge in [-0.15, -0.1) is 24.0 Å². The van der Waals surface area contributed by atoms with Crippen molar-refractivity contribution in [1.82, 2.24) is 10.6 Å². The largest absolute Gasteiger partial charge is 0.357 e. The molecule has 0 bridgehead atoms. The zero-order valence-corrected chi connectivity index (χ0v) is 17.6. The van der Waals surface area contributed by atoms with Gasteiger partial charge in [-0.3, -0.25) is 9.79 Å². The maximum Gasteiger partial charge on any atom is 0.226 e. The van der Waals surface area contributed by atoms with Crippen LogP contribution in [0.4, 0.5) is 5.69 Å². The number of anilines is 1. The highest BCUT2D eigenvalue weighted by Gasteiger charge is 2.11. The van der Waals surface area contributed by atoms with Crippen LogP contribution in [-0.4, -0.2) is 31.0 Å². The minimum atomic E-state index is -0.0329. The van der Waals surface area contributed by atoms with Crippen molar-refractivity contribution in [3.8, 4) is 0 Å². The van der Waals surface area contributed by atoms with E-state index in [0.717, 1.165) is 35.5 Å². The third-order valence-electron chi connectivity index (χ3n) is 3.43. The number of amides is 1. The van der Waals surface area contributed by atoms with Gasteiger partial charge in [0.25, 0.3) is 0 Å². The monoisotopic (exact) mass is 506 g/mol. The molecule has 0 heterocycles. The van der Waals surface area contributed by atoms with Gasteiger partial charge in [0, 0.05) is 29.2 Å². The fraction of sp³-hybridized carbons (Fsp3) is 0.412. The molecule has 0 radical (unpaired) electrons. The van der Waals surface area contributed by atoms with Crippen molar-refractivity contribution in [3.63, 3.8) is 0 Å². The lowest BCUT2D eigenvalue weighted by Crippen LogP contribution is -2.42. The van der Waals surface area contributed by atoms with Crippen LogP contribution in [0.15, 0.2) is 45.9 Å². The van der Waals surface area contributed by atoms with E-state index in [1.165, 1.54) is 0 Å². The quantitative estimate of drug-likeness (QED) is 0.239. The summed E-state index contributed by atoms with van der Waals surface area (Å²) >= 11 is 3.37. The van der Waals surface area contributed by atoms with E-state index in [0.29, 0.717) is 19.0 Å². The summed E-state index contributed by atoms with van der Waals surface area (Å²) in [5.74, 6) is 0.743. The van der Waals surface area contributed by atoms with Gasteiger partial charge in [0.05, 0.1) is 6.54 Å². The van der Waals surface area contributed by atoms with Crippen LogP contribution in [0.2, 0.25) is 0 Å². The van der Waals surface area contributed by atoms with Crippen LogP contribution in [0.5, 0.6) is 0 Å². The smallest absolute Gasteiger partial charge is 0.226 e. The third kappa shape index (κ3) is 7.65. The van der Waals surface area contributed by atoms with Crippen LogP contribution in [0, 0.1) is 0 Å². The van der Waals surface area contributed by atoms with Crippen LogP contribution >= 0.6 is 39.9 Å². The fourth-order valence-corrected chi connectivity index (χ4v) is 2.54. The highest BCUT2D eigenvalue weighted by atomic mass is 127. The molecule has 1 aromatic carbocycles. The number of halogens is 2. The summed E-state index contributed by atoms with van der Waals surface area (Å²) in [6.45, 7) is 3.29. The second-order valence-electron chi connectivity index (χ2n) is 5.35. The summed E-state index contributed by atoms with van der Waals surface area (Å²) < 4.78 is 0.989. The second-order valence-corrected chi connectivity index (χ2v) is 6.27. The zero-order valence-electron chi connectivity index (χ0n) is 13.7. The van der Waals surface area contributed by atoms with Crippen molar-refractivity contribution in [2.24, 2.45) is 4.99 Å². The number of carbonyl (C=O) groups is 1. The molecule has 0 spiro atoms. The Bertz CT molecular complexity index is 566. The Hall–Kier alpha value is -1.09. The van der Waals surface area contributed by atoms with Gasteiger partial charge in [0.2, 0.25) is 5.91 Å². The second kappa shape index (κ2) is 11.5.